The van der Waals surface area contributed by atoms with E-state index in [4.69, 9.17) is 0 Å². The Balaban J connectivity index is 1.33. The fraction of sp³-hybridized carbons (Fsp3) is 0.439. The van der Waals surface area contributed by atoms with Gasteiger partial charge in [-0.2, -0.15) is 0 Å². The molecule has 2 aromatic heterocycles. The van der Waals surface area contributed by atoms with Crippen molar-refractivity contribution in [1.29, 1.82) is 0 Å². The van der Waals surface area contributed by atoms with Gasteiger partial charge in [-0.1, -0.05) is 68.4 Å². The normalized spacial score (nSPS) is 18.1. The molecule has 1 fully saturated rings. The number of β-amino-alcohol motifs (C(OH)–C–C–N with tert-alkyl or cyclic N) is 1. The van der Waals surface area contributed by atoms with Crippen LogP contribution in [-0.2, 0) is 31.6 Å². The van der Waals surface area contributed by atoms with Crippen LogP contribution >= 0.6 is 0 Å². The van der Waals surface area contributed by atoms with Gasteiger partial charge in [0.05, 0.1) is 34.7 Å². The number of carbonyl (C=O) groups excluding carboxylic acids is 3. The molecule has 1 unspecified atom stereocenters. The van der Waals surface area contributed by atoms with Crippen LogP contribution in [0.25, 0.3) is 10.9 Å². The van der Waals surface area contributed by atoms with E-state index in [9.17, 15) is 27.9 Å². The Labute approximate surface area is 318 Å². The SMILES string of the molecule is CC(C)[C@H](NC(=O)c1ccc2ccccc2n1)C(=O)N[C@@H](Cc1ccccc1)[C@H](O)CN(C(=O)C1C[C@H](S(=O)(=O)Cc2ccncc2)CCN1)C(C)(C)C. The summed E-state index contributed by atoms with van der Waals surface area (Å²) in [4.78, 5) is 51.6. The summed E-state index contributed by atoms with van der Waals surface area (Å²) in [5, 5.41) is 21.1. The van der Waals surface area contributed by atoms with Gasteiger partial charge in [0.25, 0.3) is 5.91 Å². The molecule has 0 bridgehead atoms. The zero-order chi connectivity index (χ0) is 39.0. The predicted molar refractivity (Wildman–Crippen MR) is 209 cm³/mol. The van der Waals surface area contributed by atoms with E-state index in [0.717, 1.165) is 10.9 Å². The van der Waals surface area contributed by atoms with Gasteiger partial charge >= 0.3 is 0 Å². The number of benzene rings is 2. The maximum atomic E-state index is 14.3. The third-order valence-corrected chi connectivity index (χ3v) is 12.1. The van der Waals surface area contributed by atoms with Crippen molar-refractivity contribution >= 4 is 38.5 Å². The fourth-order valence-corrected chi connectivity index (χ4v) is 8.64. The highest BCUT2D eigenvalue weighted by Gasteiger charge is 2.40. The van der Waals surface area contributed by atoms with Crippen LogP contribution in [-0.4, -0.2) is 94.2 Å². The lowest BCUT2D eigenvalue weighted by Crippen LogP contribution is -2.61. The third-order valence-electron chi connectivity index (χ3n) is 9.88. The largest absolute Gasteiger partial charge is 0.389 e. The van der Waals surface area contributed by atoms with Crippen LogP contribution in [0.1, 0.15) is 69.1 Å². The third kappa shape index (κ3) is 10.5. The van der Waals surface area contributed by atoms with E-state index in [1.807, 2.05) is 89.2 Å². The fourth-order valence-electron chi connectivity index (χ4n) is 6.79. The number of hydrogen-bond acceptors (Lipinski definition) is 9. The zero-order valence-electron chi connectivity index (χ0n) is 31.6. The van der Waals surface area contributed by atoms with Crippen molar-refractivity contribution in [3.8, 4) is 0 Å². The van der Waals surface area contributed by atoms with Crippen LogP contribution in [0.3, 0.4) is 0 Å². The molecule has 5 atom stereocenters. The minimum absolute atomic E-state index is 0.0982. The number of aliphatic hydroxyl groups is 1. The molecule has 2 aromatic carbocycles. The maximum Gasteiger partial charge on any atom is 0.270 e. The van der Waals surface area contributed by atoms with Gasteiger partial charge in [0, 0.05) is 29.9 Å². The van der Waals surface area contributed by atoms with Crippen LogP contribution in [0.15, 0.2) is 91.3 Å². The van der Waals surface area contributed by atoms with E-state index in [1.54, 1.807) is 41.6 Å². The highest BCUT2D eigenvalue weighted by atomic mass is 32.2. The van der Waals surface area contributed by atoms with E-state index in [0.29, 0.717) is 24.0 Å². The van der Waals surface area contributed by atoms with Crippen LogP contribution in [0.2, 0.25) is 0 Å². The van der Waals surface area contributed by atoms with Crippen LogP contribution in [0, 0.1) is 5.92 Å². The monoisotopic (exact) mass is 756 g/mol. The van der Waals surface area contributed by atoms with E-state index < -0.39 is 56.7 Å². The molecule has 0 spiro atoms. The number of nitrogens with one attached hydrogen (secondary N) is 3. The Kier molecular flexibility index (Phi) is 13.2. The summed E-state index contributed by atoms with van der Waals surface area (Å²) in [5.74, 6) is -1.76. The standard InChI is InChI=1S/C41H52N6O6S/c1-27(2)37(46-38(49)33-16-15-30-13-9-10-14-32(30)44-33)39(50)45-34(23-28-11-7-6-8-12-28)36(48)25-47(41(3,4)5)40(51)35-24-31(19-22-43-35)54(52,53)26-29-17-20-42-21-18-29/h6-18,20-21,27,31,34-37,43,48H,19,22-26H2,1-5H3,(H,45,50)(H,46,49)/t31-,34+,35?,36-,37+/m1/s1. The second-order valence-electron chi connectivity index (χ2n) is 15.4. The van der Waals surface area contributed by atoms with E-state index in [2.05, 4.69) is 25.9 Å². The van der Waals surface area contributed by atoms with Gasteiger partial charge in [0.2, 0.25) is 11.8 Å². The number of pyridine rings is 2. The van der Waals surface area contributed by atoms with Crippen LogP contribution in [0.4, 0.5) is 0 Å². The molecule has 1 aliphatic rings. The number of nitrogens with zero attached hydrogens (tertiary/aromatic N) is 3. The number of aliphatic hydroxyl groups excluding tert-OH is 1. The number of piperidine rings is 1. The number of para-hydroxylation sites is 1. The van der Waals surface area contributed by atoms with E-state index in [1.165, 1.54) is 0 Å². The lowest BCUT2D eigenvalue weighted by Gasteiger charge is -2.42. The topological polar surface area (TPSA) is 171 Å². The summed E-state index contributed by atoms with van der Waals surface area (Å²) in [6.45, 7) is 9.43. The van der Waals surface area contributed by atoms with Crippen LogP contribution in [0.5, 0.6) is 0 Å². The first-order valence-electron chi connectivity index (χ1n) is 18.5. The molecule has 0 radical (unpaired) electrons. The first kappa shape index (κ1) is 40.5. The Hall–Kier alpha value is -4.72. The van der Waals surface area contributed by atoms with Gasteiger partial charge in [-0.05, 0) is 87.9 Å². The molecule has 13 heteroatoms. The average Bonchev–Trinajstić information content (AvgIpc) is 3.15. The predicted octanol–water partition coefficient (Wildman–Crippen LogP) is 3.84. The van der Waals surface area contributed by atoms with Crippen molar-refractivity contribution in [3.63, 3.8) is 0 Å². The Morgan fingerprint density at radius 1 is 0.926 bits per heavy atom. The molecule has 12 nitrogen and oxygen atoms in total. The molecule has 1 saturated heterocycles. The Bertz CT molecular complexity index is 2000. The molecule has 4 aromatic rings. The zero-order valence-corrected chi connectivity index (χ0v) is 32.4. The van der Waals surface area contributed by atoms with Crippen LogP contribution < -0.4 is 16.0 Å². The molecule has 288 valence electrons. The number of hydrogen-bond donors (Lipinski definition) is 4. The second kappa shape index (κ2) is 17.6. The highest BCUT2D eigenvalue weighted by molar-refractivity contribution is 7.91. The lowest BCUT2D eigenvalue weighted by atomic mass is 9.95. The number of sulfone groups is 1. The molecule has 0 saturated carbocycles. The Morgan fingerprint density at radius 3 is 2.30 bits per heavy atom. The van der Waals surface area contributed by atoms with Gasteiger partial charge in [-0.25, -0.2) is 13.4 Å². The van der Waals surface area contributed by atoms with E-state index >= 15 is 0 Å². The molecular formula is C41H52N6O6S. The number of amides is 3. The van der Waals surface area contributed by atoms with Crippen molar-refractivity contribution < 1.29 is 27.9 Å². The summed E-state index contributed by atoms with van der Waals surface area (Å²) in [7, 11) is -3.57. The molecule has 3 heterocycles. The van der Waals surface area contributed by atoms with Gasteiger partial charge in [0.1, 0.15) is 11.7 Å². The second-order valence-corrected chi connectivity index (χ2v) is 17.7. The summed E-state index contributed by atoms with van der Waals surface area (Å²) >= 11 is 0. The van der Waals surface area contributed by atoms with E-state index in [-0.39, 0.29) is 42.7 Å². The van der Waals surface area contributed by atoms with Gasteiger partial charge in [-0.3, -0.25) is 19.4 Å². The number of rotatable bonds is 14. The average molecular weight is 757 g/mol. The smallest absolute Gasteiger partial charge is 0.270 e. The molecule has 5 rings (SSSR count). The number of fused-ring (bicyclic) bond motifs is 1. The first-order chi connectivity index (χ1) is 25.6. The Morgan fingerprint density at radius 2 is 1.61 bits per heavy atom. The highest BCUT2D eigenvalue weighted by Crippen LogP contribution is 2.25. The van der Waals surface area contributed by atoms with Gasteiger partial charge in [-0.15, -0.1) is 0 Å². The number of aromatic nitrogens is 2. The van der Waals surface area contributed by atoms with Crippen molar-refractivity contribution in [3.05, 3.63) is 108 Å². The van der Waals surface area contributed by atoms with Crippen molar-refractivity contribution in [2.75, 3.05) is 13.1 Å². The molecule has 54 heavy (non-hydrogen) atoms. The quantitative estimate of drug-likeness (QED) is 0.149. The van der Waals surface area contributed by atoms with Gasteiger partial charge < -0.3 is 26.0 Å². The summed E-state index contributed by atoms with van der Waals surface area (Å²) in [6, 6.07) is 21.0. The number of carbonyl (C=O) groups is 3. The first-order valence-corrected chi connectivity index (χ1v) is 20.2. The lowest BCUT2D eigenvalue weighted by molar-refractivity contribution is -0.141. The van der Waals surface area contributed by atoms with Gasteiger partial charge in [0.15, 0.2) is 9.84 Å². The van der Waals surface area contributed by atoms with Crippen molar-refractivity contribution in [1.82, 2.24) is 30.8 Å². The summed E-state index contributed by atoms with van der Waals surface area (Å²) in [5.41, 5.74) is 1.58. The minimum atomic E-state index is -3.57. The van der Waals surface area contributed by atoms with Crippen molar-refractivity contribution in [2.24, 2.45) is 5.92 Å². The molecule has 3 amide bonds. The summed E-state index contributed by atoms with van der Waals surface area (Å²) in [6.07, 6.45) is 2.62. The molecular weight excluding hydrogens is 705 g/mol. The molecule has 0 aliphatic carbocycles. The molecule has 1 aliphatic heterocycles. The summed E-state index contributed by atoms with van der Waals surface area (Å²) < 4.78 is 26.9. The molecule has 4 N–H and O–H groups in total. The maximum absolute atomic E-state index is 14.3. The minimum Gasteiger partial charge on any atom is -0.389 e. The van der Waals surface area contributed by atoms with Crippen molar-refractivity contribution in [2.45, 2.75) is 94.7 Å².